The molecule has 1 aromatic heterocycles. The number of thiophene rings is 1. The van der Waals surface area contributed by atoms with Gasteiger partial charge >= 0.3 is 5.97 Å². The molecule has 26 heavy (non-hydrogen) atoms. The van der Waals surface area contributed by atoms with Crippen LogP contribution in [0.5, 0.6) is 0 Å². The average molecular weight is 365 g/mol. The van der Waals surface area contributed by atoms with E-state index in [1.165, 1.54) is 18.4 Å². The molecule has 1 amide bonds. The van der Waals surface area contributed by atoms with Crippen LogP contribution in [0.4, 0.5) is 5.00 Å². The monoisotopic (exact) mass is 365 g/mol. The number of amides is 1. The van der Waals surface area contributed by atoms with E-state index in [9.17, 15) is 9.59 Å². The lowest BCUT2D eigenvalue weighted by Crippen LogP contribution is -2.17. The van der Waals surface area contributed by atoms with Gasteiger partial charge < -0.3 is 10.1 Å². The number of hydrogen-bond acceptors (Lipinski definition) is 4. The van der Waals surface area contributed by atoms with Crippen LogP contribution in [-0.4, -0.2) is 19.0 Å². The Kier molecular flexibility index (Phi) is 5.81. The second-order valence-corrected chi connectivity index (χ2v) is 6.70. The minimum Gasteiger partial charge on any atom is -0.465 e. The first kappa shape index (κ1) is 17.9. The van der Waals surface area contributed by atoms with Gasteiger partial charge in [-0.25, -0.2) is 4.79 Å². The summed E-state index contributed by atoms with van der Waals surface area (Å²) in [4.78, 5) is 24.4. The quantitative estimate of drug-likeness (QED) is 0.645. The van der Waals surface area contributed by atoms with Gasteiger partial charge in [0, 0.05) is 12.3 Å². The van der Waals surface area contributed by atoms with E-state index in [4.69, 9.17) is 4.74 Å². The Hall–Kier alpha value is -2.92. The van der Waals surface area contributed by atoms with Gasteiger partial charge in [0.2, 0.25) is 5.91 Å². The zero-order chi connectivity index (χ0) is 18.4. The van der Waals surface area contributed by atoms with Crippen molar-refractivity contribution in [1.29, 1.82) is 0 Å². The summed E-state index contributed by atoms with van der Waals surface area (Å²) in [5.74, 6) is -0.654. The molecule has 5 heteroatoms. The van der Waals surface area contributed by atoms with E-state index in [0.717, 1.165) is 11.1 Å². The number of nitrogens with one attached hydrogen (secondary N) is 1. The van der Waals surface area contributed by atoms with Crippen molar-refractivity contribution in [3.05, 3.63) is 88.8 Å². The molecule has 2 aromatic carbocycles. The lowest BCUT2D eigenvalue weighted by molar-refractivity contribution is -0.116. The topological polar surface area (TPSA) is 55.4 Å². The summed E-state index contributed by atoms with van der Waals surface area (Å²) in [5.41, 5.74) is 2.53. The molecule has 0 aliphatic rings. The molecule has 1 heterocycles. The third-order valence-electron chi connectivity index (χ3n) is 4.12. The van der Waals surface area contributed by atoms with Crippen molar-refractivity contribution in [2.24, 2.45) is 0 Å². The minimum absolute atomic E-state index is 0.0565. The summed E-state index contributed by atoms with van der Waals surface area (Å²) < 4.78 is 4.75. The molecule has 0 atom stereocenters. The predicted molar refractivity (Wildman–Crippen MR) is 104 cm³/mol. The zero-order valence-electron chi connectivity index (χ0n) is 14.3. The Balaban J connectivity index is 1.81. The van der Waals surface area contributed by atoms with Crippen molar-refractivity contribution >= 4 is 28.2 Å². The highest BCUT2D eigenvalue weighted by Crippen LogP contribution is 2.30. The van der Waals surface area contributed by atoms with Gasteiger partial charge in [-0.15, -0.1) is 11.3 Å². The van der Waals surface area contributed by atoms with E-state index in [0.29, 0.717) is 10.6 Å². The largest absolute Gasteiger partial charge is 0.465 e. The molecular weight excluding hydrogens is 346 g/mol. The molecule has 0 unspecified atom stereocenters. The van der Waals surface area contributed by atoms with Crippen molar-refractivity contribution in [3.63, 3.8) is 0 Å². The van der Waals surface area contributed by atoms with Crippen LogP contribution >= 0.6 is 11.3 Å². The average Bonchev–Trinajstić information content (AvgIpc) is 3.15. The van der Waals surface area contributed by atoms with Gasteiger partial charge in [-0.1, -0.05) is 60.7 Å². The lowest BCUT2D eigenvalue weighted by atomic mass is 9.88. The van der Waals surface area contributed by atoms with Crippen LogP contribution in [-0.2, 0) is 9.53 Å². The Bertz CT molecular complexity index is 835. The number of methoxy groups -OCH3 is 1. The van der Waals surface area contributed by atoms with Crippen molar-refractivity contribution in [2.45, 2.75) is 12.3 Å². The van der Waals surface area contributed by atoms with E-state index < -0.39 is 5.97 Å². The minimum atomic E-state index is -0.454. The molecule has 0 spiro atoms. The van der Waals surface area contributed by atoms with Gasteiger partial charge in [0.15, 0.2) is 0 Å². The highest BCUT2D eigenvalue weighted by molar-refractivity contribution is 7.14. The SMILES string of the molecule is COC(=O)c1ccsc1NC(=O)CC(c1ccccc1)c1ccccc1. The number of hydrogen-bond donors (Lipinski definition) is 1. The van der Waals surface area contributed by atoms with Gasteiger partial charge in [0.1, 0.15) is 5.00 Å². The number of carbonyl (C=O) groups is 2. The Morgan fingerprint density at radius 1 is 0.962 bits per heavy atom. The van der Waals surface area contributed by atoms with Crippen LogP contribution in [0.25, 0.3) is 0 Å². The molecule has 3 aromatic rings. The predicted octanol–water partition coefficient (Wildman–Crippen LogP) is 4.70. The third kappa shape index (κ3) is 4.18. The number of rotatable bonds is 6. The van der Waals surface area contributed by atoms with Crippen molar-refractivity contribution in [3.8, 4) is 0 Å². The third-order valence-corrected chi connectivity index (χ3v) is 4.95. The van der Waals surface area contributed by atoms with Gasteiger partial charge in [-0.3, -0.25) is 4.79 Å². The molecule has 132 valence electrons. The Labute approximate surface area is 156 Å². The van der Waals surface area contributed by atoms with E-state index in [1.807, 2.05) is 60.7 Å². The zero-order valence-corrected chi connectivity index (χ0v) is 15.2. The van der Waals surface area contributed by atoms with E-state index in [1.54, 1.807) is 11.4 Å². The first-order chi connectivity index (χ1) is 12.7. The number of anilines is 1. The summed E-state index contributed by atoms with van der Waals surface area (Å²) in [6, 6.07) is 21.5. The smallest absolute Gasteiger partial charge is 0.340 e. The molecule has 1 N–H and O–H groups in total. The van der Waals surface area contributed by atoms with Crippen molar-refractivity contribution in [2.75, 3.05) is 12.4 Å². The highest BCUT2D eigenvalue weighted by Gasteiger charge is 2.20. The van der Waals surface area contributed by atoms with Crippen LogP contribution in [0, 0.1) is 0 Å². The molecule has 0 radical (unpaired) electrons. The molecule has 0 bridgehead atoms. The van der Waals surface area contributed by atoms with Crippen LogP contribution in [0.15, 0.2) is 72.1 Å². The lowest BCUT2D eigenvalue weighted by Gasteiger charge is -2.18. The highest BCUT2D eigenvalue weighted by atomic mass is 32.1. The fourth-order valence-electron chi connectivity index (χ4n) is 2.84. The molecule has 3 rings (SSSR count). The van der Waals surface area contributed by atoms with Gasteiger partial charge in [-0.05, 0) is 22.6 Å². The molecule has 0 aliphatic carbocycles. The summed E-state index contributed by atoms with van der Waals surface area (Å²) in [6.07, 6.45) is 0.284. The van der Waals surface area contributed by atoms with E-state index in [-0.39, 0.29) is 18.2 Å². The number of carbonyl (C=O) groups excluding carboxylic acids is 2. The first-order valence-corrected chi connectivity index (χ1v) is 9.12. The second-order valence-electron chi connectivity index (χ2n) is 5.78. The molecular formula is C21H19NO3S. The molecule has 0 saturated heterocycles. The summed E-state index contributed by atoms with van der Waals surface area (Å²) in [7, 11) is 1.33. The molecule has 0 aliphatic heterocycles. The fourth-order valence-corrected chi connectivity index (χ4v) is 3.63. The van der Waals surface area contributed by atoms with E-state index in [2.05, 4.69) is 5.32 Å². The number of esters is 1. The Morgan fingerprint density at radius 2 is 1.54 bits per heavy atom. The van der Waals surface area contributed by atoms with Crippen LogP contribution in [0.3, 0.4) is 0 Å². The normalized spacial score (nSPS) is 10.5. The second kappa shape index (κ2) is 8.45. The standard InChI is InChI=1S/C21H19NO3S/c1-25-21(24)17-12-13-26-20(17)22-19(23)14-18(15-8-4-2-5-9-15)16-10-6-3-7-11-16/h2-13,18H,14H2,1H3,(H,22,23). The maximum absolute atomic E-state index is 12.7. The summed E-state index contributed by atoms with van der Waals surface area (Å²) >= 11 is 1.31. The number of ether oxygens (including phenoxy) is 1. The molecule has 0 fully saturated rings. The van der Waals surface area contributed by atoms with Gasteiger partial charge in [0.25, 0.3) is 0 Å². The Morgan fingerprint density at radius 3 is 2.08 bits per heavy atom. The number of benzene rings is 2. The molecule has 4 nitrogen and oxygen atoms in total. The van der Waals surface area contributed by atoms with Crippen LogP contribution in [0.1, 0.15) is 33.8 Å². The maximum Gasteiger partial charge on any atom is 0.340 e. The van der Waals surface area contributed by atoms with Gasteiger partial charge in [-0.2, -0.15) is 0 Å². The van der Waals surface area contributed by atoms with E-state index >= 15 is 0 Å². The van der Waals surface area contributed by atoms with Crippen LogP contribution < -0.4 is 5.32 Å². The summed E-state index contributed by atoms with van der Waals surface area (Å²) in [6.45, 7) is 0. The van der Waals surface area contributed by atoms with Crippen molar-refractivity contribution in [1.82, 2.24) is 0 Å². The fraction of sp³-hybridized carbons (Fsp3) is 0.143. The van der Waals surface area contributed by atoms with Crippen LogP contribution in [0.2, 0.25) is 0 Å². The first-order valence-electron chi connectivity index (χ1n) is 8.24. The maximum atomic E-state index is 12.7. The van der Waals surface area contributed by atoms with Gasteiger partial charge in [0.05, 0.1) is 12.7 Å². The summed E-state index contributed by atoms with van der Waals surface area (Å²) in [5, 5.41) is 5.13. The van der Waals surface area contributed by atoms with Crippen molar-refractivity contribution < 1.29 is 14.3 Å². The molecule has 0 saturated carbocycles.